The van der Waals surface area contributed by atoms with Crippen molar-refractivity contribution in [3.05, 3.63) is 28.8 Å². The van der Waals surface area contributed by atoms with Crippen LogP contribution in [0.15, 0.2) is 11.6 Å². The number of hydrogen-bond acceptors (Lipinski definition) is 6. The van der Waals surface area contributed by atoms with Gasteiger partial charge in [-0.3, -0.25) is 9.59 Å². The number of amides is 2. The number of imidazole rings is 1. The standard InChI is InChI=1S/C12H14N6O2S/c1-14-12-16-7(6-21-12)11(20)17-2-3-18-8(10(13)19)4-15-9(18)5-17/h4,6H,2-3,5H2,1H3,(H2,13,19)(H,14,16). The summed E-state index contributed by atoms with van der Waals surface area (Å²) < 4.78 is 1.76. The van der Waals surface area contributed by atoms with Gasteiger partial charge in [-0.15, -0.1) is 11.3 Å². The first-order valence-electron chi connectivity index (χ1n) is 6.37. The van der Waals surface area contributed by atoms with Gasteiger partial charge < -0.3 is 20.5 Å². The summed E-state index contributed by atoms with van der Waals surface area (Å²) in [5, 5.41) is 5.33. The van der Waals surface area contributed by atoms with E-state index >= 15 is 0 Å². The first-order chi connectivity index (χ1) is 10.1. The predicted molar refractivity (Wildman–Crippen MR) is 77.1 cm³/mol. The fourth-order valence-corrected chi connectivity index (χ4v) is 2.92. The molecule has 1 aliphatic heterocycles. The molecule has 2 amide bonds. The molecule has 110 valence electrons. The molecule has 0 aromatic carbocycles. The average molecular weight is 306 g/mol. The van der Waals surface area contributed by atoms with Crippen molar-refractivity contribution in [2.75, 3.05) is 18.9 Å². The van der Waals surface area contributed by atoms with Crippen molar-refractivity contribution >= 4 is 28.3 Å². The molecule has 21 heavy (non-hydrogen) atoms. The number of primary amides is 1. The second-order valence-electron chi connectivity index (χ2n) is 4.59. The molecule has 0 spiro atoms. The summed E-state index contributed by atoms with van der Waals surface area (Å²) in [7, 11) is 1.76. The minimum absolute atomic E-state index is 0.136. The zero-order valence-electron chi connectivity index (χ0n) is 11.4. The second kappa shape index (κ2) is 5.17. The number of nitrogens with zero attached hydrogens (tertiary/aromatic N) is 4. The van der Waals surface area contributed by atoms with Crippen molar-refractivity contribution in [3.8, 4) is 0 Å². The molecule has 0 aliphatic carbocycles. The van der Waals surface area contributed by atoms with Crippen molar-refractivity contribution < 1.29 is 9.59 Å². The van der Waals surface area contributed by atoms with E-state index in [0.29, 0.717) is 42.0 Å². The molecule has 8 nitrogen and oxygen atoms in total. The zero-order valence-corrected chi connectivity index (χ0v) is 12.2. The largest absolute Gasteiger partial charge is 0.365 e. The third-order valence-electron chi connectivity index (χ3n) is 3.34. The van der Waals surface area contributed by atoms with E-state index < -0.39 is 5.91 Å². The lowest BCUT2D eigenvalue weighted by Gasteiger charge is -2.27. The Labute approximate surface area is 124 Å². The van der Waals surface area contributed by atoms with E-state index in [1.165, 1.54) is 17.5 Å². The van der Waals surface area contributed by atoms with Crippen LogP contribution in [-0.2, 0) is 13.1 Å². The summed E-state index contributed by atoms with van der Waals surface area (Å²) >= 11 is 1.38. The molecule has 0 unspecified atom stereocenters. The Balaban J connectivity index is 1.80. The van der Waals surface area contributed by atoms with Crippen LogP contribution < -0.4 is 11.1 Å². The number of hydrogen-bond donors (Lipinski definition) is 2. The molecule has 3 heterocycles. The van der Waals surface area contributed by atoms with E-state index in [1.807, 2.05) is 0 Å². The maximum absolute atomic E-state index is 12.4. The number of rotatable bonds is 3. The van der Waals surface area contributed by atoms with Crippen LogP contribution in [0.4, 0.5) is 5.13 Å². The number of carbonyl (C=O) groups is 2. The number of nitrogens with one attached hydrogen (secondary N) is 1. The Morgan fingerprint density at radius 3 is 2.90 bits per heavy atom. The number of carbonyl (C=O) groups excluding carboxylic acids is 2. The van der Waals surface area contributed by atoms with Crippen LogP contribution in [0, 0.1) is 0 Å². The Morgan fingerprint density at radius 2 is 2.24 bits per heavy atom. The molecule has 2 aromatic rings. The number of fused-ring (bicyclic) bond motifs is 1. The fourth-order valence-electron chi connectivity index (χ4n) is 2.28. The molecular weight excluding hydrogens is 292 g/mol. The maximum Gasteiger partial charge on any atom is 0.273 e. The number of anilines is 1. The van der Waals surface area contributed by atoms with Gasteiger partial charge in [0.2, 0.25) is 0 Å². The van der Waals surface area contributed by atoms with E-state index in [4.69, 9.17) is 5.73 Å². The van der Waals surface area contributed by atoms with Crippen molar-refractivity contribution in [1.29, 1.82) is 0 Å². The fraction of sp³-hybridized carbons (Fsp3) is 0.333. The highest BCUT2D eigenvalue weighted by molar-refractivity contribution is 7.13. The van der Waals surface area contributed by atoms with Crippen molar-refractivity contribution in [2.45, 2.75) is 13.1 Å². The maximum atomic E-state index is 12.4. The Kier molecular flexibility index (Phi) is 3.34. The Morgan fingerprint density at radius 1 is 1.43 bits per heavy atom. The van der Waals surface area contributed by atoms with E-state index in [2.05, 4.69) is 15.3 Å². The summed E-state index contributed by atoms with van der Waals surface area (Å²) in [6.07, 6.45) is 1.45. The molecule has 0 saturated heterocycles. The van der Waals surface area contributed by atoms with E-state index in [-0.39, 0.29) is 5.91 Å². The van der Waals surface area contributed by atoms with Gasteiger partial charge >= 0.3 is 0 Å². The highest BCUT2D eigenvalue weighted by Gasteiger charge is 2.26. The van der Waals surface area contributed by atoms with Gasteiger partial charge in [0.25, 0.3) is 11.8 Å². The predicted octanol–water partition coefficient (Wildman–Crippen LogP) is 0.136. The van der Waals surface area contributed by atoms with Gasteiger partial charge in [-0.1, -0.05) is 0 Å². The topological polar surface area (TPSA) is 106 Å². The lowest BCUT2D eigenvalue weighted by Crippen LogP contribution is -2.39. The van der Waals surface area contributed by atoms with Gasteiger partial charge in [0.05, 0.1) is 12.7 Å². The molecule has 2 aromatic heterocycles. The lowest BCUT2D eigenvalue weighted by molar-refractivity contribution is 0.0701. The summed E-state index contributed by atoms with van der Waals surface area (Å²) in [6, 6.07) is 0. The van der Waals surface area contributed by atoms with Crippen LogP contribution in [0.1, 0.15) is 26.8 Å². The van der Waals surface area contributed by atoms with Crippen LogP contribution >= 0.6 is 11.3 Å². The quantitative estimate of drug-likeness (QED) is 0.838. The molecule has 3 N–H and O–H groups in total. The highest BCUT2D eigenvalue weighted by Crippen LogP contribution is 2.19. The Hall–Kier alpha value is -2.42. The lowest BCUT2D eigenvalue weighted by atomic mass is 10.3. The second-order valence-corrected chi connectivity index (χ2v) is 5.45. The van der Waals surface area contributed by atoms with E-state index in [9.17, 15) is 9.59 Å². The smallest absolute Gasteiger partial charge is 0.273 e. The van der Waals surface area contributed by atoms with Crippen LogP contribution in [0.2, 0.25) is 0 Å². The minimum atomic E-state index is -0.508. The number of nitrogens with two attached hydrogens (primary N) is 1. The SMILES string of the molecule is CNc1nc(C(=O)N2CCn3c(C(N)=O)cnc3C2)cs1. The average Bonchev–Trinajstić information content (AvgIpc) is 3.12. The number of thiazole rings is 1. The van der Waals surface area contributed by atoms with Gasteiger partial charge in [-0.25, -0.2) is 9.97 Å². The van der Waals surface area contributed by atoms with Gasteiger partial charge in [0, 0.05) is 25.5 Å². The van der Waals surface area contributed by atoms with Gasteiger partial charge in [0.15, 0.2) is 5.13 Å². The van der Waals surface area contributed by atoms with Crippen molar-refractivity contribution in [1.82, 2.24) is 19.4 Å². The van der Waals surface area contributed by atoms with Gasteiger partial charge in [-0.2, -0.15) is 0 Å². The van der Waals surface area contributed by atoms with Crippen molar-refractivity contribution in [2.24, 2.45) is 5.73 Å². The minimum Gasteiger partial charge on any atom is -0.365 e. The number of aromatic nitrogens is 3. The zero-order chi connectivity index (χ0) is 15.0. The molecule has 3 rings (SSSR count). The summed E-state index contributed by atoms with van der Waals surface area (Å²) in [6.45, 7) is 1.34. The summed E-state index contributed by atoms with van der Waals surface area (Å²) in [4.78, 5) is 33.7. The third-order valence-corrected chi connectivity index (χ3v) is 4.20. The molecule has 1 aliphatic rings. The van der Waals surface area contributed by atoms with Crippen LogP contribution in [-0.4, -0.2) is 44.8 Å². The third kappa shape index (κ3) is 2.35. The molecular formula is C12H14N6O2S. The molecule has 0 saturated carbocycles. The van der Waals surface area contributed by atoms with Crippen molar-refractivity contribution in [3.63, 3.8) is 0 Å². The van der Waals surface area contributed by atoms with E-state index in [0.717, 1.165) is 0 Å². The summed E-state index contributed by atoms with van der Waals surface area (Å²) in [5.41, 5.74) is 6.08. The van der Waals surface area contributed by atoms with Crippen LogP contribution in [0.5, 0.6) is 0 Å². The first kappa shape index (κ1) is 13.6. The van der Waals surface area contributed by atoms with E-state index in [1.54, 1.807) is 21.9 Å². The monoisotopic (exact) mass is 306 g/mol. The molecule has 0 radical (unpaired) electrons. The highest BCUT2D eigenvalue weighted by atomic mass is 32.1. The molecule has 0 bridgehead atoms. The molecule has 0 fully saturated rings. The molecule has 9 heteroatoms. The summed E-state index contributed by atoms with van der Waals surface area (Å²) in [5.74, 6) is 0.0155. The van der Waals surface area contributed by atoms with Gasteiger partial charge in [-0.05, 0) is 0 Å². The van der Waals surface area contributed by atoms with Crippen LogP contribution in [0.25, 0.3) is 0 Å². The first-order valence-corrected chi connectivity index (χ1v) is 7.25. The Bertz CT molecular complexity index is 706. The van der Waals surface area contributed by atoms with Crippen LogP contribution in [0.3, 0.4) is 0 Å². The molecule has 0 atom stereocenters. The van der Waals surface area contributed by atoms with Gasteiger partial charge in [0.1, 0.15) is 17.2 Å². The normalized spacial score (nSPS) is 13.9.